The SMILES string of the molecule is C1=C(c2ccccc2)/N=C(c2ccc3c(c2)sc2cccc(-c4ccc(-c5ccc(-c6ccccc6)cc5)c5c4sc4ccccc45)c23)\N=C(\c2ccccc2)CC\1. The second-order valence-corrected chi connectivity index (χ2v) is 16.9. The molecule has 0 amide bonds. The molecule has 10 aromatic rings. The molecule has 4 heteroatoms. The van der Waals surface area contributed by atoms with E-state index < -0.39 is 0 Å². The number of benzene rings is 8. The first kappa shape index (κ1) is 34.5. The molecule has 0 N–H and O–H groups in total. The van der Waals surface area contributed by atoms with Crippen molar-refractivity contribution >= 4 is 80.3 Å². The topological polar surface area (TPSA) is 24.7 Å². The Hall–Kier alpha value is -6.72. The molecule has 8 aromatic carbocycles. The van der Waals surface area contributed by atoms with Crippen molar-refractivity contribution in [3.05, 3.63) is 211 Å². The van der Waals surface area contributed by atoms with Crippen LogP contribution < -0.4 is 0 Å². The minimum absolute atomic E-state index is 0.743. The lowest BCUT2D eigenvalue weighted by atomic mass is 9.92. The number of amidine groups is 1. The zero-order valence-electron chi connectivity index (χ0n) is 31.6. The summed E-state index contributed by atoms with van der Waals surface area (Å²) in [6, 6.07) is 67.8. The number of aliphatic imine (C=N–C) groups is 2. The Bertz CT molecular complexity index is 3240. The summed E-state index contributed by atoms with van der Waals surface area (Å²) in [4.78, 5) is 10.6. The smallest absolute Gasteiger partial charge is 0.160 e. The van der Waals surface area contributed by atoms with Crippen LogP contribution in [0.25, 0.3) is 79.4 Å². The predicted molar refractivity (Wildman–Crippen MR) is 252 cm³/mol. The molecule has 0 saturated heterocycles. The average Bonchev–Trinajstić information content (AvgIpc) is 3.86. The number of allylic oxidation sites excluding steroid dienone is 1. The molecule has 0 atom stereocenters. The summed E-state index contributed by atoms with van der Waals surface area (Å²) in [5, 5.41) is 5.18. The van der Waals surface area contributed by atoms with E-state index >= 15 is 0 Å². The Morgan fingerprint density at radius 2 is 1.00 bits per heavy atom. The van der Waals surface area contributed by atoms with Crippen LogP contribution in [0, 0.1) is 0 Å². The molecule has 0 aliphatic carbocycles. The summed E-state index contributed by atoms with van der Waals surface area (Å²) in [5.41, 5.74) is 12.8. The quantitative estimate of drug-likeness (QED) is 0.161. The average molecular weight is 777 g/mol. The molecule has 2 aromatic heterocycles. The number of nitrogens with zero attached hydrogens (tertiary/aromatic N) is 2. The molecule has 1 aliphatic rings. The predicted octanol–water partition coefficient (Wildman–Crippen LogP) is 15.5. The lowest BCUT2D eigenvalue weighted by molar-refractivity contribution is 1.08. The van der Waals surface area contributed by atoms with Crippen molar-refractivity contribution in [2.75, 3.05) is 0 Å². The first-order valence-electron chi connectivity index (χ1n) is 19.8. The van der Waals surface area contributed by atoms with E-state index in [1.807, 2.05) is 22.7 Å². The van der Waals surface area contributed by atoms with Gasteiger partial charge in [0.05, 0.1) is 11.4 Å². The molecule has 11 rings (SSSR count). The first-order valence-corrected chi connectivity index (χ1v) is 21.4. The third-order valence-corrected chi connectivity index (χ3v) is 13.6. The van der Waals surface area contributed by atoms with Gasteiger partial charge >= 0.3 is 0 Å². The molecule has 274 valence electrons. The van der Waals surface area contributed by atoms with Crippen LogP contribution >= 0.6 is 22.7 Å². The van der Waals surface area contributed by atoms with Crippen molar-refractivity contribution in [2.24, 2.45) is 9.98 Å². The minimum Gasteiger partial charge on any atom is -0.232 e. The molecule has 3 heterocycles. The summed E-state index contributed by atoms with van der Waals surface area (Å²) in [6.45, 7) is 0. The fourth-order valence-corrected chi connectivity index (χ4v) is 10.8. The number of hydrogen-bond acceptors (Lipinski definition) is 4. The van der Waals surface area contributed by atoms with Crippen LogP contribution in [0.15, 0.2) is 204 Å². The van der Waals surface area contributed by atoms with E-state index in [1.54, 1.807) is 0 Å². The van der Waals surface area contributed by atoms with Crippen LogP contribution in [-0.2, 0) is 0 Å². The Kier molecular flexibility index (Phi) is 8.72. The second-order valence-electron chi connectivity index (χ2n) is 14.8. The van der Waals surface area contributed by atoms with Crippen LogP contribution in [0.3, 0.4) is 0 Å². The number of rotatable bonds is 6. The summed E-state index contributed by atoms with van der Waals surface area (Å²) in [6.07, 6.45) is 3.98. The number of hydrogen-bond donors (Lipinski definition) is 0. The monoisotopic (exact) mass is 776 g/mol. The highest BCUT2D eigenvalue weighted by Gasteiger charge is 2.20. The summed E-state index contributed by atoms with van der Waals surface area (Å²) in [5.74, 6) is 0.743. The zero-order chi connectivity index (χ0) is 38.4. The molecule has 0 radical (unpaired) electrons. The van der Waals surface area contributed by atoms with Crippen LogP contribution in [0.1, 0.15) is 29.5 Å². The summed E-state index contributed by atoms with van der Waals surface area (Å²) in [7, 11) is 0. The van der Waals surface area contributed by atoms with E-state index in [-0.39, 0.29) is 0 Å². The lowest BCUT2D eigenvalue weighted by Crippen LogP contribution is -2.09. The number of thiophene rings is 2. The van der Waals surface area contributed by atoms with Gasteiger partial charge in [-0.15, -0.1) is 22.7 Å². The largest absolute Gasteiger partial charge is 0.232 e. The molecule has 0 unspecified atom stereocenters. The summed E-state index contributed by atoms with van der Waals surface area (Å²) >= 11 is 3.75. The molecular formula is C54H36N2S2. The second kappa shape index (κ2) is 14.7. The molecule has 0 saturated carbocycles. The fourth-order valence-electron chi connectivity index (χ4n) is 8.42. The van der Waals surface area contributed by atoms with E-state index in [0.29, 0.717) is 0 Å². The van der Waals surface area contributed by atoms with E-state index in [2.05, 4.69) is 194 Å². The molecule has 0 fully saturated rings. The fraction of sp³-hybridized carbons (Fsp3) is 0.0370. The van der Waals surface area contributed by atoms with Gasteiger partial charge in [0, 0.05) is 51.5 Å². The van der Waals surface area contributed by atoms with Gasteiger partial charge in [-0.05, 0) is 70.0 Å². The van der Waals surface area contributed by atoms with Gasteiger partial charge in [0.1, 0.15) is 0 Å². The van der Waals surface area contributed by atoms with Gasteiger partial charge in [-0.1, -0.05) is 176 Å². The zero-order valence-corrected chi connectivity index (χ0v) is 33.2. The minimum atomic E-state index is 0.743. The maximum atomic E-state index is 5.32. The van der Waals surface area contributed by atoms with Crippen LogP contribution in [0.2, 0.25) is 0 Å². The Morgan fingerprint density at radius 1 is 0.379 bits per heavy atom. The Morgan fingerprint density at radius 3 is 1.79 bits per heavy atom. The van der Waals surface area contributed by atoms with Crippen LogP contribution in [0.4, 0.5) is 0 Å². The standard InChI is InChI=1S/C54H36N2S2/c1-4-14-35(15-5-1)36-26-28-37(29-27-36)41-32-33-43(53-52(41)44-20-10-11-24-48(44)58-53)42-21-12-25-49-51(42)45-31-30-40(34-50(45)57-49)54-55-46(38-16-6-2-7-17-38)22-13-23-47(56-54)39-18-8-3-9-19-39/h1-12,14-22,24-34H,13,23H2/b46-22-,55-54-,56-47+. The first-order chi connectivity index (χ1) is 28.7. The van der Waals surface area contributed by atoms with Crippen molar-refractivity contribution in [1.82, 2.24) is 0 Å². The van der Waals surface area contributed by atoms with Gasteiger partial charge in [0.15, 0.2) is 5.84 Å². The molecular weight excluding hydrogens is 741 g/mol. The van der Waals surface area contributed by atoms with Gasteiger partial charge in [-0.2, -0.15) is 0 Å². The maximum Gasteiger partial charge on any atom is 0.160 e. The van der Waals surface area contributed by atoms with Gasteiger partial charge in [-0.25, -0.2) is 9.98 Å². The van der Waals surface area contributed by atoms with Gasteiger partial charge in [0.2, 0.25) is 0 Å². The third kappa shape index (κ3) is 6.19. The maximum absolute atomic E-state index is 5.32. The Balaban J connectivity index is 1.06. The van der Waals surface area contributed by atoms with Gasteiger partial charge in [-0.3, -0.25) is 0 Å². The summed E-state index contributed by atoms with van der Waals surface area (Å²) < 4.78 is 5.13. The van der Waals surface area contributed by atoms with Gasteiger partial charge < -0.3 is 0 Å². The Labute approximate surface area is 345 Å². The highest BCUT2D eigenvalue weighted by atomic mass is 32.1. The lowest BCUT2D eigenvalue weighted by Gasteiger charge is -2.13. The van der Waals surface area contributed by atoms with Crippen molar-refractivity contribution in [1.29, 1.82) is 0 Å². The third-order valence-electron chi connectivity index (χ3n) is 11.2. The van der Waals surface area contributed by atoms with Crippen molar-refractivity contribution < 1.29 is 0 Å². The highest BCUT2D eigenvalue weighted by Crippen LogP contribution is 2.48. The van der Waals surface area contributed by atoms with Crippen molar-refractivity contribution in [3.63, 3.8) is 0 Å². The molecule has 2 nitrogen and oxygen atoms in total. The van der Waals surface area contributed by atoms with E-state index in [1.165, 1.54) is 73.7 Å². The van der Waals surface area contributed by atoms with Crippen LogP contribution in [0.5, 0.6) is 0 Å². The van der Waals surface area contributed by atoms with Crippen molar-refractivity contribution in [3.8, 4) is 33.4 Å². The molecule has 1 aliphatic heterocycles. The molecule has 0 spiro atoms. The normalized spacial score (nSPS) is 16.0. The van der Waals surface area contributed by atoms with Crippen molar-refractivity contribution in [2.45, 2.75) is 12.8 Å². The van der Waals surface area contributed by atoms with E-state index in [4.69, 9.17) is 9.98 Å². The highest BCUT2D eigenvalue weighted by molar-refractivity contribution is 7.27. The van der Waals surface area contributed by atoms with E-state index in [9.17, 15) is 0 Å². The van der Waals surface area contributed by atoms with E-state index in [0.717, 1.165) is 46.8 Å². The van der Waals surface area contributed by atoms with Gasteiger partial charge in [0.25, 0.3) is 0 Å². The molecule has 58 heavy (non-hydrogen) atoms. The molecule has 0 bridgehead atoms. The van der Waals surface area contributed by atoms with Crippen LogP contribution in [-0.4, -0.2) is 11.5 Å². The number of fused-ring (bicyclic) bond motifs is 6.